The molecule has 0 fully saturated rings. The van der Waals surface area contributed by atoms with Gasteiger partial charge in [-0.05, 0) is 62.8 Å². The largest absolute Gasteiger partial charge is 0.311 e. The van der Waals surface area contributed by atoms with Crippen molar-refractivity contribution in [2.45, 2.75) is 0 Å². The van der Waals surface area contributed by atoms with Gasteiger partial charge < -0.3 is 4.90 Å². The molecule has 0 atom stereocenters. The van der Waals surface area contributed by atoms with Gasteiger partial charge in [0.15, 0.2) is 0 Å². The highest BCUT2D eigenvalue weighted by Crippen LogP contribution is 2.25. The monoisotopic (exact) mass is 415 g/mol. The highest BCUT2D eigenvalue weighted by Gasteiger charge is 2.17. The molecule has 0 saturated carbocycles. The second kappa shape index (κ2) is 5.84. The maximum Gasteiger partial charge on any atom is 0.259 e. The van der Waals surface area contributed by atoms with Crippen LogP contribution in [0.2, 0.25) is 0 Å². The molecule has 0 aromatic heterocycles. The number of rotatable bonds is 2. The Morgan fingerprint density at radius 1 is 1.11 bits per heavy atom. The zero-order valence-corrected chi connectivity index (χ0v) is 13.5. The van der Waals surface area contributed by atoms with E-state index in [0.29, 0.717) is 5.56 Å². The average molecular weight is 416 g/mol. The molecule has 0 aliphatic carbocycles. The van der Waals surface area contributed by atoms with Crippen molar-refractivity contribution in [3.05, 3.63) is 62.1 Å². The lowest BCUT2D eigenvalue weighted by atomic mass is 10.2. The number of carbonyl (C=O) groups excluding carboxylic acids is 1. The quantitative estimate of drug-likeness (QED) is 0.668. The van der Waals surface area contributed by atoms with Crippen LogP contribution in [0.1, 0.15) is 10.4 Å². The summed E-state index contributed by atoms with van der Waals surface area (Å²) in [6.45, 7) is 0. The first-order chi connectivity index (χ1) is 8.61. The fourth-order valence-electron chi connectivity index (χ4n) is 1.62. The van der Waals surface area contributed by atoms with Gasteiger partial charge >= 0.3 is 0 Å². The minimum Gasteiger partial charge on any atom is -0.311 e. The van der Waals surface area contributed by atoms with E-state index in [1.54, 1.807) is 11.9 Å². The summed E-state index contributed by atoms with van der Waals surface area (Å²) in [6.07, 6.45) is 0. The van der Waals surface area contributed by atoms with Gasteiger partial charge in [0.05, 0.1) is 5.56 Å². The predicted octanol–water partition coefficient (Wildman–Crippen LogP) is 4.33. The van der Waals surface area contributed by atoms with Crippen molar-refractivity contribution in [2.75, 3.05) is 11.9 Å². The number of anilines is 1. The Balaban J connectivity index is 2.35. The lowest BCUT2D eigenvalue weighted by Gasteiger charge is -2.18. The first-order valence-corrected chi connectivity index (χ1v) is 7.25. The number of hydrogen-bond donors (Lipinski definition) is 0. The number of carbonyl (C=O) groups is 1. The Morgan fingerprint density at radius 2 is 1.78 bits per heavy atom. The summed E-state index contributed by atoms with van der Waals surface area (Å²) in [5.41, 5.74) is 1.56. The lowest BCUT2D eigenvalue weighted by Crippen LogP contribution is -2.26. The summed E-state index contributed by atoms with van der Waals surface area (Å²) < 4.78 is 1.87. The molecule has 2 aromatic rings. The molecule has 2 nitrogen and oxygen atoms in total. The Labute approximate surface area is 128 Å². The number of para-hydroxylation sites is 1. The normalized spacial score (nSPS) is 10.2. The SMILES string of the molecule is CN(C(=O)c1cccc(I)c1Br)c1ccccc1. The van der Waals surface area contributed by atoms with E-state index in [1.807, 2.05) is 48.5 Å². The fourth-order valence-corrected chi connectivity index (χ4v) is 2.55. The number of hydrogen-bond acceptors (Lipinski definition) is 1. The summed E-state index contributed by atoms with van der Waals surface area (Å²) in [4.78, 5) is 14.1. The van der Waals surface area contributed by atoms with Crippen molar-refractivity contribution in [3.63, 3.8) is 0 Å². The second-order valence-corrected chi connectivity index (χ2v) is 5.76. The van der Waals surface area contributed by atoms with Gasteiger partial charge in [-0.25, -0.2) is 0 Å². The predicted molar refractivity (Wildman–Crippen MR) is 86.0 cm³/mol. The Hall–Kier alpha value is -0.880. The van der Waals surface area contributed by atoms with Gasteiger partial charge in [-0.1, -0.05) is 24.3 Å². The third-order valence-corrected chi connectivity index (χ3v) is 5.12. The highest BCUT2D eigenvalue weighted by molar-refractivity contribution is 14.1. The van der Waals surface area contributed by atoms with Crippen LogP contribution in [0.5, 0.6) is 0 Å². The minimum atomic E-state index is -0.0217. The van der Waals surface area contributed by atoms with E-state index in [9.17, 15) is 4.79 Å². The van der Waals surface area contributed by atoms with Crippen LogP contribution in [0.4, 0.5) is 5.69 Å². The number of amides is 1. The van der Waals surface area contributed by atoms with E-state index in [-0.39, 0.29) is 5.91 Å². The van der Waals surface area contributed by atoms with E-state index in [2.05, 4.69) is 38.5 Å². The molecule has 0 unspecified atom stereocenters. The third-order valence-electron chi connectivity index (χ3n) is 2.63. The number of halogens is 2. The molecule has 0 heterocycles. The molecular formula is C14H11BrINO. The molecule has 0 saturated heterocycles. The molecule has 0 radical (unpaired) electrons. The van der Waals surface area contributed by atoms with Crippen molar-refractivity contribution in [3.8, 4) is 0 Å². The molecule has 2 aromatic carbocycles. The molecule has 0 bridgehead atoms. The molecule has 0 N–H and O–H groups in total. The van der Waals surface area contributed by atoms with Crippen molar-refractivity contribution in [2.24, 2.45) is 0 Å². The molecule has 0 aliphatic heterocycles. The van der Waals surface area contributed by atoms with Crippen LogP contribution < -0.4 is 4.90 Å². The molecule has 18 heavy (non-hydrogen) atoms. The molecule has 0 aliphatic rings. The Kier molecular flexibility index (Phi) is 4.40. The molecule has 1 amide bonds. The van der Waals surface area contributed by atoms with Gasteiger partial charge in [0.25, 0.3) is 5.91 Å². The summed E-state index contributed by atoms with van der Waals surface area (Å²) >= 11 is 5.67. The first-order valence-electron chi connectivity index (χ1n) is 5.38. The van der Waals surface area contributed by atoms with E-state index in [4.69, 9.17) is 0 Å². The zero-order chi connectivity index (χ0) is 13.1. The van der Waals surface area contributed by atoms with Crippen LogP contribution >= 0.6 is 38.5 Å². The van der Waals surface area contributed by atoms with Gasteiger partial charge in [-0.3, -0.25) is 4.79 Å². The fraction of sp³-hybridized carbons (Fsp3) is 0.0714. The summed E-state index contributed by atoms with van der Waals surface area (Å²) in [5.74, 6) is -0.0217. The van der Waals surface area contributed by atoms with Crippen LogP contribution in [0.3, 0.4) is 0 Å². The Bertz CT molecular complexity index is 571. The van der Waals surface area contributed by atoms with Gasteiger partial charge in [-0.15, -0.1) is 0 Å². The van der Waals surface area contributed by atoms with Crippen molar-refractivity contribution < 1.29 is 4.79 Å². The van der Waals surface area contributed by atoms with Gasteiger partial charge in [0.2, 0.25) is 0 Å². The maximum absolute atomic E-state index is 12.4. The van der Waals surface area contributed by atoms with Crippen LogP contribution in [-0.4, -0.2) is 13.0 Å². The van der Waals surface area contributed by atoms with Gasteiger partial charge in [0, 0.05) is 20.8 Å². The summed E-state index contributed by atoms with van der Waals surface area (Å²) in [7, 11) is 1.78. The molecular weight excluding hydrogens is 405 g/mol. The van der Waals surface area contributed by atoms with E-state index < -0.39 is 0 Å². The van der Waals surface area contributed by atoms with Gasteiger partial charge in [0.1, 0.15) is 0 Å². The molecule has 4 heteroatoms. The second-order valence-electron chi connectivity index (χ2n) is 3.80. The van der Waals surface area contributed by atoms with Gasteiger partial charge in [-0.2, -0.15) is 0 Å². The molecule has 92 valence electrons. The minimum absolute atomic E-state index is 0.0217. The van der Waals surface area contributed by atoms with Crippen molar-refractivity contribution >= 4 is 50.1 Å². The van der Waals surface area contributed by atoms with E-state index in [0.717, 1.165) is 13.7 Å². The highest BCUT2D eigenvalue weighted by atomic mass is 127. The number of nitrogens with zero attached hydrogens (tertiary/aromatic N) is 1. The van der Waals surface area contributed by atoms with E-state index >= 15 is 0 Å². The molecule has 2 rings (SSSR count). The van der Waals surface area contributed by atoms with E-state index in [1.165, 1.54) is 0 Å². The third kappa shape index (κ3) is 2.75. The van der Waals surface area contributed by atoms with Crippen LogP contribution in [0.15, 0.2) is 53.0 Å². The first kappa shape index (κ1) is 13.5. The average Bonchev–Trinajstić information content (AvgIpc) is 2.41. The summed E-state index contributed by atoms with van der Waals surface area (Å²) in [5, 5.41) is 0. The Morgan fingerprint density at radius 3 is 2.44 bits per heavy atom. The van der Waals surface area contributed by atoms with Crippen molar-refractivity contribution in [1.29, 1.82) is 0 Å². The summed E-state index contributed by atoms with van der Waals surface area (Å²) in [6, 6.07) is 15.3. The van der Waals surface area contributed by atoms with Crippen LogP contribution in [-0.2, 0) is 0 Å². The smallest absolute Gasteiger partial charge is 0.259 e. The maximum atomic E-state index is 12.4. The van der Waals surface area contributed by atoms with Crippen molar-refractivity contribution in [1.82, 2.24) is 0 Å². The lowest BCUT2D eigenvalue weighted by molar-refractivity contribution is 0.0992. The number of benzene rings is 2. The topological polar surface area (TPSA) is 20.3 Å². The standard InChI is InChI=1S/C14H11BrINO/c1-17(10-6-3-2-4-7-10)14(18)11-8-5-9-12(16)13(11)15/h2-9H,1H3. The zero-order valence-electron chi connectivity index (χ0n) is 9.73. The molecule has 0 spiro atoms. The van der Waals surface area contributed by atoms with Crippen LogP contribution in [0.25, 0.3) is 0 Å². The van der Waals surface area contributed by atoms with Crippen LogP contribution in [0, 0.1) is 3.57 Å².